The normalized spacial score (nSPS) is 31.8. The molecule has 0 amide bonds. The minimum Gasteiger partial charge on any atom is -0.412 e. The van der Waals surface area contributed by atoms with Gasteiger partial charge in [0.25, 0.3) is 0 Å². The van der Waals surface area contributed by atoms with E-state index in [1.165, 1.54) is 25.7 Å². The van der Waals surface area contributed by atoms with Crippen LogP contribution in [0.2, 0.25) is 0 Å². The summed E-state index contributed by atoms with van der Waals surface area (Å²) in [4.78, 5) is 0. The average Bonchev–Trinajstić information content (AvgIpc) is 1.77. The van der Waals surface area contributed by atoms with Crippen molar-refractivity contribution >= 4 is 17.0 Å². The van der Waals surface area contributed by atoms with Crippen LogP contribution in [0.25, 0.3) is 0 Å². The van der Waals surface area contributed by atoms with E-state index >= 15 is 0 Å². The van der Waals surface area contributed by atoms with Gasteiger partial charge in [0.1, 0.15) is 0 Å². The van der Waals surface area contributed by atoms with Crippen LogP contribution in [-0.4, -0.2) is 5.48 Å². The van der Waals surface area contributed by atoms with Crippen LogP contribution in [-0.2, 0) is 0 Å². The molecule has 1 fully saturated rings. The van der Waals surface area contributed by atoms with E-state index in [0.29, 0.717) is 0 Å². The van der Waals surface area contributed by atoms with Crippen LogP contribution < -0.4 is 0 Å². The maximum absolute atomic E-state index is 2.37. The van der Waals surface area contributed by atoms with Crippen molar-refractivity contribution in [2.75, 3.05) is 0 Å². The molecule has 0 heterocycles. The van der Waals surface area contributed by atoms with Crippen molar-refractivity contribution in [1.29, 1.82) is 0 Å². The van der Waals surface area contributed by atoms with Gasteiger partial charge < -0.3 is 5.48 Å². The maximum Gasteiger partial charge on any atom is -0.0443 e. The van der Waals surface area contributed by atoms with E-state index in [9.17, 15) is 0 Å². The Bertz CT molecular complexity index is 57.7. The molecule has 0 saturated heterocycles. The molecule has 0 aromatic rings. The highest BCUT2D eigenvalue weighted by Crippen LogP contribution is 2.27. The van der Waals surface area contributed by atoms with Crippen LogP contribution in [0.1, 0.15) is 39.5 Å². The highest BCUT2D eigenvalue weighted by Gasteiger charge is 2.13. The zero-order chi connectivity index (χ0) is 5.98. The van der Waals surface area contributed by atoms with E-state index < -0.39 is 0 Å². The molecule has 0 spiro atoms. The molecule has 2 heteroatoms. The lowest BCUT2D eigenvalue weighted by Crippen LogP contribution is -2.08. The van der Waals surface area contributed by atoms with E-state index in [4.69, 9.17) is 0 Å². The molecule has 64 valence electrons. The van der Waals surface area contributed by atoms with Gasteiger partial charge in [-0.2, -0.15) is 0 Å². The predicted molar refractivity (Wildman–Crippen MR) is 50.7 cm³/mol. The van der Waals surface area contributed by atoms with Gasteiger partial charge in [-0.3, -0.25) is 0 Å². The van der Waals surface area contributed by atoms with Crippen LogP contribution >= 0.6 is 17.0 Å². The van der Waals surface area contributed by atoms with Crippen molar-refractivity contribution < 1.29 is 5.48 Å². The Labute approximate surface area is 74.3 Å². The molecular formula is C8H19BrO. The second kappa shape index (κ2) is 6.17. The lowest BCUT2D eigenvalue weighted by Gasteiger charge is -2.22. The zero-order valence-electron chi connectivity index (χ0n) is 6.89. The fourth-order valence-electron chi connectivity index (χ4n) is 1.43. The van der Waals surface area contributed by atoms with Crippen molar-refractivity contribution in [3.8, 4) is 0 Å². The second-order valence-electron chi connectivity index (χ2n) is 3.37. The van der Waals surface area contributed by atoms with Gasteiger partial charge in [0.15, 0.2) is 0 Å². The minimum atomic E-state index is 0. The Kier molecular flexibility index (Phi) is 8.06. The standard InChI is InChI=1S/C8H16.BrH.H2O/c1-7-3-5-8(2)6-4-7;;/h7-8H,3-6H2,1-2H3;1H;1H2. The van der Waals surface area contributed by atoms with Crippen molar-refractivity contribution in [2.24, 2.45) is 11.8 Å². The third-order valence-corrected chi connectivity index (χ3v) is 2.30. The summed E-state index contributed by atoms with van der Waals surface area (Å²) in [5.41, 5.74) is 0. The first-order chi connectivity index (χ1) is 3.79. The van der Waals surface area contributed by atoms with Crippen LogP contribution in [0.4, 0.5) is 0 Å². The summed E-state index contributed by atoms with van der Waals surface area (Å²) in [5, 5.41) is 0. The van der Waals surface area contributed by atoms with E-state index in [1.807, 2.05) is 0 Å². The topological polar surface area (TPSA) is 31.5 Å². The predicted octanol–water partition coefficient (Wildman–Crippen LogP) is 2.59. The molecule has 0 atom stereocenters. The first-order valence-corrected chi connectivity index (χ1v) is 3.79. The number of halogens is 1. The molecule has 1 saturated carbocycles. The summed E-state index contributed by atoms with van der Waals surface area (Å²) in [7, 11) is 0. The van der Waals surface area contributed by atoms with E-state index in [-0.39, 0.29) is 22.5 Å². The highest BCUT2D eigenvalue weighted by molar-refractivity contribution is 8.93. The molecule has 0 aromatic heterocycles. The molecule has 10 heavy (non-hydrogen) atoms. The number of rotatable bonds is 0. The third-order valence-electron chi connectivity index (χ3n) is 2.30. The molecule has 0 aromatic carbocycles. The summed E-state index contributed by atoms with van der Waals surface area (Å²) >= 11 is 0. The third kappa shape index (κ3) is 4.29. The molecule has 1 rings (SSSR count). The Morgan fingerprint density at radius 3 is 1.20 bits per heavy atom. The van der Waals surface area contributed by atoms with E-state index in [1.54, 1.807) is 0 Å². The molecule has 0 bridgehead atoms. The summed E-state index contributed by atoms with van der Waals surface area (Å²) in [6.07, 6.45) is 5.89. The molecular weight excluding hydrogens is 192 g/mol. The van der Waals surface area contributed by atoms with Gasteiger partial charge in [-0.15, -0.1) is 17.0 Å². The molecule has 2 N–H and O–H groups in total. The number of hydrogen-bond donors (Lipinski definition) is 0. The van der Waals surface area contributed by atoms with Crippen molar-refractivity contribution in [2.45, 2.75) is 39.5 Å². The average molecular weight is 211 g/mol. The lowest BCUT2D eigenvalue weighted by molar-refractivity contribution is 0.308. The summed E-state index contributed by atoms with van der Waals surface area (Å²) in [6, 6.07) is 0. The van der Waals surface area contributed by atoms with Gasteiger partial charge in [-0.1, -0.05) is 39.5 Å². The van der Waals surface area contributed by atoms with E-state index in [2.05, 4.69) is 13.8 Å². The minimum absolute atomic E-state index is 0. The zero-order valence-corrected chi connectivity index (χ0v) is 8.60. The fourth-order valence-corrected chi connectivity index (χ4v) is 1.43. The highest BCUT2D eigenvalue weighted by atomic mass is 79.9. The van der Waals surface area contributed by atoms with Gasteiger partial charge in [-0.25, -0.2) is 0 Å². The largest absolute Gasteiger partial charge is 0.412 e. The Morgan fingerprint density at radius 1 is 0.800 bits per heavy atom. The van der Waals surface area contributed by atoms with Gasteiger partial charge in [-0.05, 0) is 11.8 Å². The van der Waals surface area contributed by atoms with Gasteiger partial charge in [0, 0.05) is 0 Å². The molecule has 0 unspecified atom stereocenters. The van der Waals surface area contributed by atoms with Crippen molar-refractivity contribution in [3.63, 3.8) is 0 Å². The maximum atomic E-state index is 2.37. The van der Waals surface area contributed by atoms with E-state index in [0.717, 1.165) is 11.8 Å². The monoisotopic (exact) mass is 210 g/mol. The summed E-state index contributed by atoms with van der Waals surface area (Å²) in [5.74, 6) is 2.04. The first-order valence-electron chi connectivity index (χ1n) is 3.79. The molecule has 1 nitrogen and oxygen atoms in total. The second-order valence-corrected chi connectivity index (χ2v) is 3.37. The molecule has 0 radical (unpaired) electrons. The fraction of sp³-hybridized carbons (Fsp3) is 1.00. The van der Waals surface area contributed by atoms with Crippen LogP contribution in [0.5, 0.6) is 0 Å². The van der Waals surface area contributed by atoms with Gasteiger partial charge in [0.2, 0.25) is 0 Å². The molecule has 1 aliphatic rings. The van der Waals surface area contributed by atoms with Crippen molar-refractivity contribution in [1.82, 2.24) is 0 Å². The van der Waals surface area contributed by atoms with Crippen LogP contribution in [0.15, 0.2) is 0 Å². The summed E-state index contributed by atoms with van der Waals surface area (Å²) in [6.45, 7) is 4.73. The molecule has 0 aliphatic heterocycles. The molecule has 1 aliphatic carbocycles. The summed E-state index contributed by atoms with van der Waals surface area (Å²) < 4.78 is 0. The van der Waals surface area contributed by atoms with Gasteiger partial charge in [0.05, 0.1) is 0 Å². The Balaban J connectivity index is 0. The van der Waals surface area contributed by atoms with Crippen LogP contribution in [0.3, 0.4) is 0 Å². The van der Waals surface area contributed by atoms with Gasteiger partial charge >= 0.3 is 0 Å². The Hall–Kier alpha value is 0.440. The lowest BCUT2D eigenvalue weighted by atomic mass is 9.84. The number of hydrogen-bond acceptors (Lipinski definition) is 0. The quantitative estimate of drug-likeness (QED) is 0.589. The first kappa shape index (κ1) is 13.1. The Morgan fingerprint density at radius 2 is 1.00 bits per heavy atom. The van der Waals surface area contributed by atoms with Crippen molar-refractivity contribution in [3.05, 3.63) is 0 Å². The SMILES string of the molecule is Br.CC1CCC(C)CC1.O. The smallest absolute Gasteiger partial charge is 0.0443 e. The van der Waals surface area contributed by atoms with Crippen LogP contribution in [0, 0.1) is 11.8 Å².